The van der Waals surface area contributed by atoms with E-state index in [0.717, 1.165) is 12.8 Å². The van der Waals surface area contributed by atoms with Crippen molar-refractivity contribution in [2.75, 3.05) is 25.1 Å². The van der Waals surface area contributed by atoms with Gasteiger partial charge in [-0.15, -0.1) is 0 Å². The van der Waals surface area contributed by atoms with Crippen molar-refractivity contribution in [3.63, 3.8) is 0 Å². The molecule has 1 aromatic carbocycles. The number of benzene rings is 1. The van der Waals surface area contributed by atoms with Gasteiger partial charge in [0.15, 0.2) is 6.61 Å². The number of carbonyl (C=O) groups is 2. The fourth-order valence-electron chi connectivity index (χ4n) is 2.16. The molecule has 1 aromatic rings. The Bertz CT molecular complexity index is 566. The van der Waals surface area contributed by atoms with Gasteiger partial charge in [-0.2, -0.15) is 0 Å². The van der Waals surface area contributed by atoms with Crippen molar-refractivity contribution in [1.29, 1.82) is 0 Å². The maximum atomic E-state index is 12.1. The number of rotatable bonds is 4. The molecule has 1 aliphatic carbocycles. The summed E-state index contributed by atoms with van der Waals surface area (Å²) >= 11 is 0. The van der Waals surface area contributed by atoms with Crippen molar-refractivity contribution in [3.8, 4) is 5.75 Å². The van der Waals surface area contributed by atoms with Crippen LogP contribution in [0.25, 0.3) is 0 Å². The van der Waals surface area contributed by atoms with Crippen LogP contribution in [0.4, 0.5) is 5.69 Å². The summed E-state index contributed by atoms with van der Waals surface area (Å²) in [6, 6.07) is 4.92. The molecule has 6 nitrogen and oxygen atoms in total. The van der Waals surface area contributed by atoms with Gasteiger partial charge < -0.3 is 20.5 Å². The number of hydrogen-bond acceptors (Lipinski definition) is 4. The fraction of sp³-hybridized carbons (Fsp3) is 0.429. The molecule has 1 fully saturated rings. The first-order valence-electron chi connectivity index (χ1n) is 6.58. The molecule has 0 saturated heterocycles. The number of ether oxygens (including phenoxy) is 1. The van der Waals surface area contributed by atoms with E-state index in [1.165, 1.54) is 0 Å². The summed E-state index contributed by atoms with van der Waals surface area (Å²) in [5.41, 5.74) is 0.849. The lowest BCUT2D eigenvalue weighted by atomic mass is 10.1. The molecule has 1 saturated carbocycles. The monoisotopic (exact) mass is 276 g/mol. The molecule has 3 N–H and O–H groups in total. The Morgan fingerprint density at radius 3 is 2.95 bits per heavy atom. The van der Waals surface area contributed by atoms with E-state index >= 15 is 0 Å². The largest absolute Gasteiger partial charge is 0.482 e. The fourth-order valence-corrected chi connectivity index (χ4v) is 2.16. The van der Waals surface area contributed by atoms with Crippen molar-refractivity contribution < 1.29 is 19.4 Å². The molecule has 1 heterocycles. The second kappa shape index (κ2) is 4.79. The highest BCUT2D eigenvalue weighted by Gasteiger charge is 2.42. The summed E-state index contributed by atoms with van der Waals surface area (Å²) in [5.74, 6) is 0.120. The molecule has 2 amide bonds. The van der Waals surface area contributed by atoms with E-state index in [2.05, 4.69) is 10.6 Å². The van der Waals surface area contributed by atoms with E-state index in [1.807, 2.05) is 0 Å². The number of amides is 2. The average molecular weight is 276 g/mol. The summed E-state index contributed by atoms with van der Waals surface area (Å²) in [4.78, 5) is 23.3. The highest BCUT2D eigenvalue weighted by atomic mass is 16.5. The lowest BCUT2D eigenvalue weighted by Gasteiger charge is -2.18. The summed E-state index contributed by atoms with van der Waals surface area (Å²) in [5, 5.41) is 14.7. The number of hydrogen-bond donors (Lipinski definition) is 3. The standard InChI is InChI=1S/C14H16N2O4/c17-8-14(3-4-14)7-15-13(19)9-1-2-11-10(5-9)16-12(18)6-20-11/h1-2,5,17H,3-4,6-8H2,(H,15,19)(H,16,18). The number of carbonyl (C=O) groups excluding carboxylic acids is 2. The SMILES string of the molecule is O=C1COc2ccc(C(=O)NCC3(CO)CC3)cc2N1. The van der Waals surface area contributed by atoms with Gasteiger partial charge in [0.05, 0.1) is 12.3 Å². The molecule has 0 atom stereocenters. The molecule has 0 bridgehead atoms. The third kappa shape index (κ3) is 2.46. The first-order chi connectivity index (χ1) is 9.62. The topological polar surface area (TPSA) is 87.7 Å². The molecule has 106 valence electrons. The molecule has 0 unspecified atom stereocenters. The van der Waals surface area contributed by atoms with Gasteiger partial charge in [0.2, 0.25) is 0 Å². The maximum Gasteiger partial charge on any atom is 0.262 e. The molecular weight excluding hydrogens is 260 g/mol. The second-order valence-electron chi connectivity index (χ2n) is 5.39. The first kappa shape index (κ1) is 12.9. The zero-order valence-corrected chi connectivity index (χ0v) is 10.9. The molecule has 20 heavy (non-hydrogen) atoms. The number of anilines is 1. The molecular formula is C14H16N2O4. The van der Waals surface area contributed by atoms with Gasteiger partial charge in [-0.25, -0.2) is 0 Å². The van der Waals surface area contributed by atoms with Gasteiger partial charge in [-0.05, 0) is 31.0 Å². The predicted octanol–water partition coefficient (Wildman–Crippen LogP) is 0.520. The minimum Gasteiger partial charge on any atom is -0.482 e. The second-order valence-corrected chi connectivity index (χ2v) is 5.39. The molecule has 0 aromatic heterocycles. The normalized spacial score (nSPS) is 18.6. The molecule has 0 spiro atoms. The van der Waals surface area contributed by atoms with E-state index in [0.29, 0.717) is 23.5 Å². The van der Waals surface area contributed by atoms with Crippen molar-refractivity contribution in [1.82, 2.24) is 5.32 Å². The van der Waals surface area contributed by atoms with Crippen LogP contribution in [0.15, 0.2) is 18.2 Å². The van der Waals surface area contributed by atoms with Crippen LogP contribution in [0.5, 0.6) is 5.75 Å². The van der Waals surface area contributed by atoms with Gasteiger partial charge in [-0.3, -0.25) is 9.59 Å². The average Bonchev–Trinajstić information content (AvgIpc) is 3.24. The number of aliphatic hydroxyl groups is 1. The van der Waals surface area contributed by atoms with Gasteiger partial charge in [0, 0.05) is 17.5 Å². The molecule has 0 radical (unpaired) electrons. The van der Waals surface area contributed by atoms with Gasteiger partial charge in [0.1, 0.15) is 5.75 Å². The summed E-state index contributed by atoms with van der Waals surface area (Å²) in [6.07, 6.45) is 1.88. The summed E-state index contributed by atoms with van der Waals surface area (Å²) < 4.78 is 5.24. The van der Waals surface area contributed by atoms with Crippen LogP contribution < -0.4 is 15.4 Å². The number of fused-ring (bicyclic) bond motifs is 1. The van der Waals surface area contributed by atoms with E-state index in [9.17, 15) is 14.7 Å². The van der Waals surface area contributed by atoms with Crippen LogP contribution >= 0.6 is 0 Å². The zero-order valence-electron chi connectivity index (χ0n) is 10.9. The lowest BCUT2D eigenvalue weighted by Crippen LogP contribution is -2.32. The van der Waals surface area contributed by atoms with Crippen LogP contribution in [0, 0.1) is 5.41 Å². The molecule has 6 heteroatoms. The Hall–Kier alpha value is -2.08. The lowest BCUT2D eigenvalue weighted by molar-refractivity contribution is -0.118. The Balaban J connectivity index is 1.69. The van der Waals surface area contributed by atoms with Crippen LogP contribution in [-0.2, 0) is 4.79 Å². The third-order valence-corrected chi connectivity index (χ3v) is 3.79. The molecule has 3 rings (SSSR count). The Labute approximate surface area is 116 Å². The van der Waals surface area contributed by atoms with Gasteiger partial charge >= 0.3 is 0 Å². The van der Waals surface area contributed by atoms with Gasteiger partial charge in [-0.1, -0.05) is 0 Å². The first-order valence-corrected chi connectivity index (χ1v) is 6.58. The minimum absolute atomic E-state index is 0.00242. The van der Waals surface area contributed by atoms with Crippen molar-refractivity contribution in [3.05, 3.63) is 23.8 Å². The zero-order chi connectivity index (χ0) is 14.2. The van der Waals surface area contributed by atoms with E-state index in [4.69, 9.17) is 4.74 Å². The third-order valence-electron chi connectivity index (χ3n) is 3.79. The summed E-state index contributed by atoms with van der Waals surface area (Å²) in [7, 11) is 0. The maximum absolute atomic E-state index is 12.1. The minimum atomic E-state index is -0.229. The van der Waals surface area contributed by atoms with E-state index < -0.39 is 0 Å². The Morgan fingerprint density at radius 2 is 2.25 bits per heavy atom. The van der Waals surface area contributed by atoms with E-state index in [1.54, 1.807) is 18.2 Å². The van der Waals surface area contributed by atoms with Crippen molar-refractivity contribution in [2.24, 2.45) is 5.41 Å². The number of aliphatic hydroxyl groups excluding tert-OH is 1. The molecule has 1 aliphatic heterocycles. The highest BCUT2D eigenvalue weighted by molar-refractivity contribution is 5.99. The van der Waals surface area contributed by atoms with Crippen LogP contribution in [0.1, 0.15) is 23.2 Å². The predicted molar refractivity (Wildman–Crippen MR) is 71.7 cm³/mol. The van der Waals surface area contributed by atoms with Crippen LogP contribution in [0.2, 0.25) is 0 Å². The Kier molecular flexibility index (Phi) is 3.10. The summed E-state index contributed by atoms with van der Waals surface area (Å²) in [6.45, 7) is 0.571. The smallest absolute Gasteiger partial charge is 0.262 e. The van der Waals surface area contributed by atoms with E-state index in [-0.39, 0.29) is 30.4 Å². The van der Waals surface area contributed by atoms with Crippen LogP contribution in [-0.4, -0.2) is 36.7 Å². The van der Waals surface area contributed by atoms with Crippen molar-refractivity contribution in [2.45, 2.75) is 12.8 Å². The van der Waals surface area contributed by atoms with Crippen LogP contribution in [0.3, 0.4) is 0 Å². The van der Waals surface area contributed by atoms with Crippen molar-refractivity contribution >= 4 is 17.5 Å². The number of nitrogens with one attached hydrogen (secondary N) is 2. The Morgan fingerprint density at radius 1 is 1.45 bits per heavy atom. The highest BCUT2D eigenvalue weighted by Crippen LogP contribution is 2.44. The quantitative estimate of drug-likeness (QED) is 0.748. The van der Waals surface area contributed by atoms with Gasteiger partial charge in [0.25, 0.3) is 11.8 Å². The molecule has 2 aliphatic rings.